The van der Waals surface area contributed by atoms with Crippen molar-refractivity contribution in [1.82, 2.24) is 9.97 Å². The third-order valence-electron chi connectivity index (χ3n) is 7.63. The summed E-state index contributed by atoms with van der Waals surface area (Å²) < 4.78 is 0. The minimum Gasteiger partial charge on any atom is -0.305 e. The summed E-state index contributed by atoms with van der Waals surface area (Å²) in [4.78, 5) is 22.1. The molecule has 5 aromatic rings. The quantitative estimate of drug-likeness (QED) is 0.292. The molecule has 0 radical (unpaired) electrons. The number of anilines is 1. The Hall–Kier alpha value is -4.57. The van der Waals surface area contributed by atoms with Crippen molar-refractivity contribution in [3.05, 3.63) is 131 Å². The number of carbonyl (C=O) groups excluding carboxylic acids is 1. The largest absolute Gasteiger partial charge is 0.305 e. The van der Waals surface area contributed by atoms with E-state index in [9.17, 15) is 4.79 Å². The van der Waals surface area contributed by atoms with E-state index in [1.165, 1.54) is 33.0 Å². The average Bonchev–Trinajstić information content (AvgIpc) is 2.96. The Balaban J connectivity index is 1.27. The SMILES string of the molecule is O=C(Nc1nc2ccccc2cc1C1C=CC2=C(CCc3c2ccc2ccccc32)C1)c1ccccn1. The predicted octanol–water partition coefficient (Wildman–Crippen LogP) is 7.48. The molecule has 0 saturated carbocycles. The van der Waals surface area contributed by atoms with Gasteiger partial charge in [0.15, 0.2) is 0 Å². The van der Waals surface area contributed by atoms with Gasteiger partial charge in [-0.15, -0.1) is 0 Å². The first-order chi connectivity index (χ1) is 18.2. The van der Waals surface area contributed by atoms with Gasteiger partial charge in [-0.05, 0) is 71.0 Å². The summed E-state index contributed by atoms with van der Waals surface area (Å²) in [7, 11) is 0. The number of aromatic nitrogens is 2. The molecule has 2 heterocycles. The van der Waals surface area contributed by atoms with E-state index in [-0.39, 0.29) is 11.8 Å². The first kappa shape index (κ1) is 21.7. The first-order valence-corrected chi connectivity index (χ1v) is 12.8. The Morgan fingerprint density at radius 3 is 2.59 bits per heavy atom. The zero-order valence-electron chi connectivity index (χ0n) is 20.3. The molecule has 1 atom stereocenters. The van der Waals surface area contributed by atoms with Crippen LogP contribution >= 0.6 is 0 Å². The zero-order valence-corrected chi connectivity index (χ0v) is 20.3. The number of rotatable bonds is 3. The molecule has 1 amide bonds. The summed E-state index contributed by atoms with van der Waals surface area (Å²) in [5.74, 6) is 0.495. The fourth-order valence-electron chi connectivity index (χ4n) is 5.82. The molecule has 37 heavy (non-hydrogen) atoms. The fourth-order valence-corrected chi connectivity index (χ4v) is 5.82. The maximum atomic E-state index is 13.0. The number of benzene rings is 3. The summed E-state index contributed by atoms with van der Waals surface area (Å²) >= 11 is 0. The standard InChI is InChI=1S/C33H25N3O/c37-33(31-11-5-6-18-34-31)36-32-29(20-24-8-2-4-10-30(24)35-32)23-13-15-26-22(19-23)14-17-27-25-9-3-1-7-21(25)12-16-28(26)27/h1-13,15-16,18,20,23H,14,17,19H2,(H,35,36,37). The lowest BCUT2D eigenvalue weighted by molar-refractivity contribution is 0.102. The molecule has 4 nitrogen and oxygen atoms in total. The van der Waals surface area contributed by atoms with Crippen LogP contribution < -0.4 is 5.32 Å². The molecule has 0 fully saturated rings. The molecule has 3 aromatic carbocycles. The zero-order chi connectivity index (χ0) is 24.8. The number of para-hydroxylation sites is 1. The van der Waals surface area contributed by atoms with Crippen molar-refractivity contribution < 1.29 is 4.79 Å². The molecule has 0 spiro atoms. The number of hydrogen-bond acceptors (Lipinski definition) is 3. The molecule has 0 saturated heterocycles. The maximum Gasteiger partial charge on any atom is 0.275 e. The normalized spacial score (nSPS) is 16.5. The predicted molar refractivity (Wildman–Crippen MR) is 150 cm³/mol. The number of amides is 1. The molecular weight excluding hydrogens is 454 g/mol. The monoisotopic (exact) mass is 479 g/mol. The number of allylic oxidation sites excluding steroid dienone is 4. The van der Waals surface area contributed by atoms with Gasteiger partial charge in [0.2, 0.25) is 0 Å². The van der Waals surface area contributed by atoms with Crippen LogP contribution in [0, 0.1) is 0 Å². The van der Waals surface area contributed by atoms with Gasteiger partial charge in [-0.1, -0.05) is 78.4 Å². The molecule has 1 N–H and O–H groups in total. The summed E-state index contributed by atoms with van der Waals surface area (Å²) in [5.41, 5.74) is 7.92. The Morgan fingerprint density at radius 2 is 1.70 bits per heavy atom. The van der Waals surface area contributed by atoms with Crippen molar-refractivity contribution in [2.75, 3.05) is 5.32 Å². The van der Waals surface area contributed by atoms with Gasteiger partial charge in [-0.3, -0.25) is 9.78 Å². The minimum absolute atomic E-state index is 0.136. The van der Waals surface area contributed by atoms with E-state index >= 15 is 0 Å². The molecule has 2 aromatic heterocycles. The molecule has 2 aliphatic carbocycles. The van der Waals surface area contributed by atoms with Crippen molar-refractivity contribution in [2.45, 2.75) is 25.2 Å². The smallest absolute Gasteiger partial charge is 0.275 e. The second-order valence-electron chi connectivity index (χ2n) is 9.79. The van der Waals surface area contributed by atoms with Gasteiger partial charge in [0, 0.05) is 23.1 Å². The molecule has 178 valence electrons. The van der Waals surface area contributed by atoms with Crippen LogP contribution in [-0.2, 0) is 6.42 Å². The number of carbonyl (C=O) groups is 1. The summed E-state index contributed by atoms with van der Waals surface area (Å²) in [6.07, 6.45) is 9.22. The third-order valence-corrected chi connectivity index (χ3v) is 7.63. The fraction of sp³-hybridized carbons (Fsp3) is 0.121. The van der Waals surface area contributed by atoms with Crippen LogP contribution in [0.3, 0.4) is 0 Å². The lowest BCUT2D eigenvalue weighted by Crippen LogP contribution is -2.18. The van der Waals surface area contributed by atoms with Gasteiger partial charge in [0.05, 0.1) is 5.52 Å². The molecule has 1 unspecified atom stereocenters. The van der Waals surface area contributed by atoms with Crippen molar-refractivity contribution in [3.63, 3.8) is 0 Å². The van der Waals surface area contributed by atoms with E-state index < -0.39 is 0 Å². The van der Waals surface area contributed by atoms with E-state index in [0.717, 1.165) is 35.7 Å². The molecule has 4 heteroatoms. The van der Waals surface area contributed by atoms with Crippen molar-refractivity contribution in [3.8, 4) is 0 Å². The van der Waals surface area contributed by atoms with E-state index in [1.807, 2.05) is 24.3 Å². The third kappa shape index (κ3) is 3.82. The maximum absolute atomic E-state index is 13.0. The van der Waals surface area contributed by atoms with Crippen LogP contribution in [0.25, 0.3) is 27.2 Å². The highest BCUT2D eigenvalue weighted by molar-refractivity contribution is 6.03. The van der Waals surface area contributed by atoms with Crippen LogP contribution in [0.15, 0.2) is 109 Å². The lowest BCUT2D eigenvalue weighted by Gasteiger charge is -2.29. The molecular formula is C33H25N3O. The van der Waals surface area contributed by atoms with Gasteiger partial charge in [0.1, 0.15) is 11.5 Å². The second-order valence-corrected chi connectivity index (χ2v) is 9.79. The highest BCUT2D eigenvalue weighted by Gasteiger charge is 2.27. The van der Waals surface area contributed by atoms with Crippen LogP contribution in [0.5, 0.6) is 0 Å². The van der Waals surface area contributed by atoms with Crippen LogP contribution in [0.4, 0.5) is 5.82 Å². The van der Waals surface area contributed by atoms with Crippen molar-refractivity contribution >= 4 is 39.0 Å². The summed E-state index contributed by atoms with van der Waals surface area (Å²) in [5, 5.41) is 6.80. The average molecular weight is 480 g/mol. The number of fused-ring (bicyclic) bond motifs is 5. The Kier molecular flexibility index (Phi) is 5.17. The van der Waals surface area contributed by atoms with Gasteiger partial charge >= 0.3 is 0 Å². The van der Waals surface area contributed by atoms with Crippen LogP contribution in [0.2, 0.25) is 0 Å². The van der Waals surface area contributed by atoms with Crippen molar-refractivity contribution in [2.24, 2.45) is 0 Å². The van der Waals surface area contributed by atoms with Gasteiger partial charge in [0.25, 0.3) is 5.91 Å². The summed E-state index contributed by atoms with van der Waals surface area (Å²) in [6, 6.07) is 28.8. The van der Waals surface area contributed by atoms with Crippen LogP contribution in [0.1, 0.15) is 45.9 Å². The summed E-state index contributed by atoms with van der Waals surface area (Å²) in [6.45, 7) is 0. The molecule has 2 aliphatic rings. The van der Waals surface area contributed by atoms with Crippen LogP contribution in [-0.4, -0.2) is 15.9 Å². The topological polar surface area (TPSA) is 54.9 Å². The van der Waals surface area contributed by atoms with E-state index in [1.54, 1.807) is 18.3 Å². The van der Waals surface area contributed by atoms with E-state index in [4.69, 9.17) is 4.98 Å². The highest BCUT2D eigenvalue weighted by atomic mass is 16.1. The van der Waals surface area contributed by atoms with E-state index in [2.05, 4.69) is 71.0 Å². The second kappa shape index (κ2) is 8.82. The molecule has 7 rings (SSSR count). The Bertz CT molecular complexity index is 1750. The van der Waals surface area contributed by atoms with Gasteiger partial charge in [-0.2, -0.15) is 0 Å². The van der Waals surface area contributed by atoms with Crippen molar-refractivity contribution in [1.29, 1.82) is 0 Å². The Labute approximate surface area is 215 Å². The van der Waals surface area contributed by atoms with Gasteiger partial charge < -0.3 is 5.32 Å². The number of nitrogens with one attached hydrogen (secondary N) is 1. The number of hydrogen-bond donors (Lipinski definition) is 1. The number of nitrogens with zero attached hydrogens (tertiary/aromatic N) is 2. The highest BCUT2D eigenvalue weighted by Crippen LogP contribution is 2.44. The first-order valence-electron chi connectivity index (χ1n) is 12.8. The lowest BCUT2D eigenvalue weighted by atomic mass is 9.75. The number of pyridine rings is 2. The Morgan fingerprint density at radius 1 is 0.865 bits per heavy atom. The molecule has 0 bridgehead atoms. The van der Waals surface area contributed by atoms with Gasteiger partial charge in [-0.25, -0.2) is 4.98 Å². The number of aryl methyl sites for hydroxylation is 1. The van der Waals surface area contributed by atoms with E-state index in [0.29, 0.717) is 11.5 Å². The minimum atomic E-state index is -0.247. The molecule has 0 aliphatic heterocycles.